The standard InChI is InChI=1S/C16H17BrClNO/c1-10-3-5-15(12(7-10)8-11(2)19)20-16-6-4-13(17)9-14(16)18/h3-7,9,11H,8,19H2,1-2H3. The predicted octanol–water partition coefficient (Wildman–Crippen LogP) is 5.09. The van der Waals surface area contributed by atoms with Crippen LogP contribution in [0, 0.1) is 6.92 Å². The van der Waals surface area contributed by atoms with Crippen molar-refractivity contribution in [2.45, 2.75) is 26.3 Å². The van der Waals surface area contributed by atoms with Crippen molar-refractivity contribution in [3.63, 3.8) is 0 Å². The number of rotatable bonds is 4. The lowest BCUT2D eigenvalue weighted by atomic mass is 10.0. The van der Waals surface area contributed by atoms with Crippen molar-refractivity contribution in [2.75, 3.05) is 0 Å². The van der Waals surface area contributed by atoms with Gasteiger partial charge in [-0.3, -0.25) is 0 Å². The number of halogens is 2. The van der Waals surface area contributed by atoms with Crippen LogP contribution in [0.3, 0.4) is 0 Å². The highest BCUT2D eigenvalue weighted by Crippen LogP contribution is 2.33. The molecule has 0 saturated heterocycles. The first-order valence-corrected chi connectivity index (χ1v) is 7.61. The smallest absolute Gasteiger partial charge is 0.146 e. The maximum atomic E-state index is 6.19. The fraction of sp³-hybridized carbons (Fsp3) is 0.250. The van der Waals surface area contributed by atoms with Gasteiger partial charge in [-0.2, -0.15) is 0 Å². The maximum Gasteiger partial charge on any atom is 0.146 e. The third kappa shape index (κ3) is 3.98. The number of hydrogen-bond acceptors (Lipinski definition) is 2. The van der Waals surface area contributed by atoms with Crippen LogP contribution in [0.5, 0.6) is 11.5 Å². The lowest BCUT2D eigenvalue weighted by Crippen LogP contribution is -2.18. The van der Waals surface area contributed by atoms with Crippen LogP contribution < -0.4 is 10.5 Å². The molecule has 1 unspecified atom stereocenters. The summed E-state index contributed by atoms with van der Waals surface area (Å²) >= 11 is 9.57. The molecule has 2 nitrogen and oxygen atoms in total. The Morgan fingerprint density at radius 2 is 1.90 bits per heavy atom. The second-order valence-electron chi connectivity index (χ2n) is 4.97. The summed E-state index contributed by atoms with van der Waals surface area (Å²) in [6, 6.07) is 11.7. The zero-order valence-corrected chi connectivity index (χ0v) is 13.8. The average Bonchev–Trinajstić information content (AvgIpc) is 2.34. The van der Waals surface area contributed by atoms with Crippen LogP contribution in [-0.4, -0.2) is 6.04 Å². The molecule has 2 aromatic carbocycles. The van der Waals surface area contributed by atoms with Gasteiger partial charge < -0.3 is 10.5 Å². The summed E-state index contributed by atoms with van der Waals surface area (Å²) in [6.45, 7) is 4.04. The van der Waals surface area contributed by atoms with Crippen LogP contribution in [0.4, 0.5) is 0 Å². The van der Waals surface area contributed by atoms with E-state index in [1.807, 2.05) is 37.3 Å². The molecule has 0 aliphatic rings. The molecule has 0 aliphatic heterocycles. The van der Waals surface area contributed by atoms with Crippen molar-refractivity contribution in [3.05, 3.63) is 57.0 Å². The van der Waals surface area contributed by atoms with Crippen LogP contribution in [0.1, 0.15) is 18.1 Å². The fourth-order valence-corrected chi connectivity index (χ4v) is 2.70. The largest absolute Gasteiger partial charge is 0.456 e. The molecule has 4 heteroatoms. The van der Waals surface area contributed by atoms with Gasteiger partial charge in [-0.1, -0.05) is 45.2 Å². The molecule has 0 amide bonds. The number of aryl methyl sites for hydroxylation is 1. The molecular weight excluding hydrogens is 338 g/mol. The Hall–Kier alpha value is -1.03. The molecule has 0 fully saturated rings. The number of ether oxygens (including phenoxy) is 1. The van der Waals surface area contributed by atoms with Gasteiger partial charge in [-0.15, -0.1) is 0 Å². The summed E-state index contributed by atoms with van der Waals surface area (Å²) in [5.74, 6) is 1.45. The first kappa shape index (κ1) is 15.4. The van der Waals surface area contributed by atoms with Crippen molar-refractivity contribution in [1.29, 1.82) is 0 Å². The zero-order valence-electron chi connectivity index (χ0n) is 11.5. The second-order valence-corrected chi connectivity index (χ2v) is 6.29. The van der Waals surface area contributed by atoms with Gasteiger partial charge in [0, 0.05) is 10.5 Å². The average molecular weight is 355 g/mol. The number of nitrogens with two attached hydrogens (primary N) is 1. The maximum absolute atomic E-state index is 6.19. The predicted molar refractivity (Wildman–Crippen MR) is 87.8 cm³/mol. The molecule has 0 saturated carbocycles. The summed E-state index contributed by atoms with van der Waals surface area (Å²) < 4.78 is 6.87. The molecule has 106 valence electrons. The topological polar surface area (TPSA) is 35.2 Å². The van der Waals surface area contributed by atoms with E-state index in [1.165, 1.54) is 5.56 Å². The lowest BCUT2D eigenvalue weighted by Gasteiger charge is -2.14. The summed E-state index contributed by atoms with van der Waals surface area (Å²) in [4.78, 5) is 0. The van der Waals surface area contributed by atoms with E-state index in [-0.39, 0.29) is 6.04 Å². The molecule has 1 atom stereocenters. The highest BCUT2D eigenvalue weighted by molar-refractivity contribution is 9.10. The molecule has 20 heavy (non-hydrogen) atoms. The number of hydrogen-bond donors (Lipinski definition) is 1. The Labute approximate surface area is 133 Å². The van der Waals surface area contributed by atoms with Crippen LogP contribution >= 0.6 is 27.5 Å². The molecule has 0 heterocycles. The van der Waals surface area contributed by atoms with E-state index in [0.717, 1.165) is 22.2 Å². The monoisotopic (exact) mass is 353 g/mol. The molecule has 2 rings (SSSR count). The van der Waals surface area contributed by atoms with Crippen LogP contribution in [-0.2, 0) is 6.42 Å². The quantitative estimate of drug-likeness (QED) is 0.829. The third-order valence-corrected chi connectivity index (χ3v) is 3.66. The number of benzene rings is 2. The van der Waals surface area contributed by atoms with Gasteiger partial charge in [0.05, 0.1) is 5.02 Å². The van der Waals surface area contributed by atoms with Crippen LogP contribution in [0.15, 0.2) is 40.9 Å². The Morgan fingerprint density at radius 1 is 1.20 bits per heavy atom. The Morgan fingerprint density at radius 3 is 2.55 bits per heavy atom. The first-order valence-electron chi connectivity index (χ1n) is 6.43. The van der Waals surface area contributed by atoms with Crippen LogP contribution in [0.2, 0.25) is 5.02 Å². The van der Waals surface area contributed by atoms with E-state index in [0.29, 0.717) is 10.8 Å². The minimum atomic E-state index is 0.0829. The third-order valence-electron chi connectivity index (χ3n) is 2.87. The molecule has 0 aliphatic carbocycles. The molecule has 2 aromatic rings. The molecule has 2 N–H and O–H groups in total. The van der Waals surface area contributed by atoms with Crippen molar-refractivity contribution in [1.82, 2.24) is 0 Å². The van der Waals surface area contributed by atoms with Gasteiger partial charge in [0.1, 0.15) is 11.5 Å². The van der Waals surface area contributed by atoms with Crippen molar-refractivity contribution in [3.8, 4) is 11.5 Å². The zero-order chi connectivity index (χ0) is 14.7. The van der Waals surface area contributed by atoms with E-state index >= 15 is 0 Å². The molecule has 0 bridgehead atoms. The van der Waals surface area contributed by atoms with E-state index in [9.17, 15) is 0 Å². The highest BCUT2D eigenvalue weighted by Gasteiger charge is 2.10. The van der Waals surface area contributed by atoms with Gasteiger partial charge >= 0.3 is 0 Å². The van der Waals surface area contributed by atoms with Crippen molar-refractivity contribution < 1.29 is 4.74 Å². The lowest BCUT2D eigenvalue weighted by molar-refractivity contribution is 0.474. The van der Waals surface area contributed by atoms with E-state index < -0.39 is 0 Å². The highest BCUT2D eigenvalue weighted by atomic mass is 79.9. The summed E-state index contributed by atoms with van der Waals surface area (Å²) in [7, 11) is 0. The summed E-state index contributed by atoms with van der Waals surface area (Å²) in [5, 5.41) is 0.576. The van der Waals surface area contributed by atoms with E-state index in [1.54, 1.807) is 0 Å². The van der Waals surface area contributed by atoms with Gasteiger partial charge in [0.15, 0.2) is 0 Å². The van der Waals surface area contributed by atoms with Gasteiger partial charge in [-0.05, 0) is 50.1 Å². The van der Waals surface area contributed by atoms with Gasteiger partial charge in [-0.25, -0.2) is 0 Å². The fourth-order valence-electron chi connectivity index (χ4n) is 1.99. The Bertz CT molecular complexity index is 613. The normalized spacial score (nSPS) is 12.2. The molecule has 0 aromatic heterocycles. The molecule has 0 radical (unpaired) electrons. The summed E-state index contributed by atoms with van der Waals surface area (Å²) in [6.07, 6.45) is 0.769. The van der Waals surface area contributed by atoms with E-state index in [2.05, 4.69) is 28.9 Å². The Balaban J connectivity index is 2.32. The second kappa shape index (κ2) is 6.61. The van der Waals surface area contributed by atoms with E-state index in [4.69, 9.17) is 22.1 Å². The van der Waals surface area contributed by atoms with Crippen molar-refractivity contribution >= 4 is 27.5 Å². The summed E-state index contributed by atoms with van der Waals surface area (Å²) in [5.41, 5.74) is 8.18. The SMILES string of the molecule is Cc1ccc(Oc2ccc(Br)cc2Cl)c(CC(C)N)c1. The van der Waals surface area contributed by atoms with Gasteiger partial charge in [0.25, 0.3) is 0 Å². The minimum Gasteiger partial charge on any atom is -0.456 e. The van der Waals surface area contributed by atoms with Crippen LogP contribution in [0.25, 0.3) is 0 Å². The molecule has 0 spiro atoms. The minimum absolute atomic E-state index is 0.0829. The Kier molecular flexibility index (Phi) is 5.08. The van der Waals surface area contributed by atoms with Gasteiger partial charge in [0.2, 0.25) is 0 Å². The molecular formula is C16H17BrClNO. The first-order chi connectivity index (χ1) is 9.45. The van der Waals surface area contributed by atoms with Crippen molar-refractivity contribution in [2.24, 2.45) is 5.73 Å².